The fourth-order valence-electron chi connectivity index (χ4n) is 1.63. The van der Waals surface area contributed by atoms with E-state index in [1.165, 1.54) is 11.1 Å². The van der Waals surface area contributed by atoms with Crippen molar-refractivity contribution in [3.05, 3.63) is 65.7 Å². The van der Waals surface area contributed by atoms with Gasteiger partial charge >= 0.3 is 0 Å². The molecule has 0 aliphatic heterocycles. The first kappa shape index (κ1) is 11.7. The van der Waals surface area contributed by atoms with Crippen LogP contribution in [0.1, 0.15) is 11.1 Å². The van der Waals surface area contributed by atoms with Gasteiger partial charge in [0.15, 0.2) is 0 Å². The lowest BCUT2D eigenvalue weighted by Crippen LogP contribution is -2.12. The average molecular weight is 226 g/mol. The number of nitrogens with one attached hydrogen (secondary N) is 1. The molecule has 0 bridgehead atoms. The van der Waals surface area contributed by atoms with Gasteiger partial charge in [0.25, 0.3) is 0 Å². The van der Waals surface area contributed by atoms with Gasteiger partial charge in [0.2, 0.25) is 0 Å². The van der Waals surface area contributed by atoms with E-state index in [4.69, 9.17) is 4.74 Å². The van der Waals surface area contributed by atoms with Crippen molar-refractivity contribution in [3.63, 3.8) is 0 Å². The third-order valence-corrected chi connectivity index (χ3v) is 2.60. The number of rotatable bonds is 5. The molecule has 0 aromatic heterocycles. The van der Waals surface area contributed by atoms with Gasteiger partial charge in [0.1, 0.15) is 5.75 Å². The first-order valence-corrected chi connectivity index (χ1v) is 5.67. The molecule has 0 amide bonds. The third kappa shape index (κ3) is 3.61. The molecule has 2 rings (SSSR count). The predicted octanol–water partition coefficient (Wildman–Crippen LogP) is 2.79. The highest BCUT2D eigenvalue weighted by Gasteiger charge is 1.95. The average Bonchev–Trinajstić information content (AvgIpc) is 2.41. The van der Waals surface area contributed by atoms with Crippen LogP contribution in [0.3, 0.4) is 0 Å². The monoisotopic (exact) mass is 226 g/mol. The van der Waals surface area contributed by atoms with Crippen LogP contribution in [0.25, 0.3) is 0 Å². The Hall–Kier alpha value is -1.80. The minimum atomic E-state index is 0.864. The molecule has 0 atom stereocenters. The summed E-state index contributed by atoms with van der Waals surface area (Å²) in [5.41, 5.74) is 2.53. The van der Waals surface area contributed by atoms with Crippen LogP contribution >= 0.6 is 0 Å². The van der Waals surface area contributed by atoms with E-state index in [2.05, 4.69) is 35.6 Å². The summed E-state index contributed by atoms with van der Waals surface area (Å²) in [6, 6.07) is 19.1. The smallest absolute Gasteiger partial charge is 0.118 e. The third-order valence-electron chi connectivity index (χ3n) is 2.60. The quantitative estimate of drug-likeness (QED) is 0.846. The van der Waals surface area contributed by atoms with Gasteiger partial charge in [-0.05, 0) is 29.3 Å². The lowest BCUT2D eigenvalue weighted by molar-refractivity contribution is 0.414. The first-order chi connectivity index (χ1) is 8.38. The fourth-order valence-corrected chi connectivity index (χ4v) is 1.63. The standard InChI is InChI=1S/C15H16NO/c1-17-15-9-7-14(8-10-15)12-16-11-13-5-3-2-4-6-13/h3-10,16H,11-12H2,1H3. The van der Waals surface area contributed by atoms with Crippen LogP contribution in [0, 0.1) is 6.07 Å². The number of hydrogen-bond acceptors (Lipinski definition) is 2. The summed E-state index contributed by atoms with van der Waals surface area (Å²) in [6.45, 7) is 1.74. The molecule has 2 heteroatoms. The SMILES string of the molecule is COc1ccc(CNCc2cc[c]cc2)cc1. The Bertz CT molecular complexity index is 436. The molecule has 0 heterocycles. The summed E-state index contributed by atoms with van der Waals surface area (Å²) in [5, 5.41) is 3.40. The van der Waals surface area contributed by atoms with E-state index in [1.807, 2.05) is 24.3 Å². The highest BCUT2D eigenvalue weighted by atomic mass is 16.5. The molecule has 0 spiro atoms. The maximum Gasteiger partial charge on any atom is 0.118 e. The van der Waals surface area contributed by atoms with E-state index in [0.29, 0.717) is 0 Å². The zero-order valence-corrected chi connectivity index (χ0v) is 9.94. The molecule has 0 unspecified atom stereocenters. The molecule has 0 aliphatic carbocycles. The topological polar surface area (TPSA) is 21.3 Å². The highest BCUT2D eigenvalue weighted by molar-refractivity contribution is 5.27. The summed E-state index contributed by atoms with van der Waals surface area (Å²) in [7, 11) is 1.68. The summed E-state index contributed by atoms with van der Waals surface area (Å²) in [4.78, 5) is 0. The van der Waals surface area contributed by atoms with Crippen LogP contribution in [-0.2, 0) is 13.1 Å². The molecular weight excluding hydrogens is 210 g/mol. The van der Waals surface area contributed by atoms with Crippen molar-refractivity contribution in [2.75, 3.05) is 7.11 Å². The Kier molecular flexibility index (Phi) is 4.17. The normalized spacial score (nSPS) is 10.2. The number of ether oxygens (including phenoxy) is 1. The molecule has 2 aromatic rings. The van der Waals surface area contributed by atoms with Crippen LogP contribution in [0.15, 0.2) is 48.5 Å². The van der Waals surface area contributed by atoms with Crippen molar-refractivity contribution in [2.24, 2.45) is 0 Å². The van der Waals surface area contributed by atoms with Crippen molar-refractivity contribution in [1.82, 2.24) is 5.32 Å². The van der Waals surface area contributed by atoms with Gasteiger partial charge in [-0.15, -0.1) is 0 Å². The second-order valence-electron chi connectivity index (χ2n) is 3.86. The molecule has 1 radical (unpaired) electrons. The fraction of sp³-hybridized carbons (Fsp3) is 0.200. The van der Waals surface area contributed by atoms with Gasteiger partial charge in [-0.1, -0.05) is 36.4 Å². The molecule has 17 heavy (non-hydrogen) atoms. The minimum Gasteiger partial charge on any atom is -0.497 e. The van der Waals surface area contributed by atoms with Crippen LogP contribution in [0.2, 0.25) is 0 Å². The predicted molar refractivity (Wildman–Crippen MR) is 68.8 cm³/mol. The van der Waals surface area contributed by atoms with E-state index in [1.54, 1.807) is 7.11 Å². The molecule has 2 aromatic carbocycles. The molecule has 0 saturated heterocycles. The number of hydrogen-bond donors (Lipinski definition) is 1. The van der Waals surface area contributed by atoms with E-state index in [-0.39, 0.29) is 0 Å². The Balaban J connectivity index is 1.82. The van der Waals surface area contributed by atoms with Gasteiger partial charge < -0.3 is 10.1 Å². The number of methoxy groups -OCH3 is 1. The lowest BCUT2D eigenvalue weighted by Gasteiger charge is -2.06. The zero-order valence-electron chi connectivity index (χ0n) is 9.94. The zero-order chi connectivity index (χ0) is 11.9. The molecule has 0 saturated carbocycles. The molecule has 1 N–H and O–H groups in total. The van der Waals surface area contributed by atoms with Gasteiger partial charge in [0, 0.05) is 13.1 Å². The second kappa shape index (κ2) is 6.06. The largest absolute Gasteiger partial charge is 0.497 e. The second-order valence-corrected chi connectivity index (χ2v) is 3.86. The summed E-state index contributed by atoms with van der Waals surface area (Å²) >= 11 is 0. The Morgan fingerprint density at radius 1 is 0.941 bits per heavy atom. The van der Waals surface area contributed by atoms with Gasteiger partial charge in [-0.3, -0.25) is 0 Å². The van der Waals surface area contributed by atoms with Crippen molar-refractivity contribution >= 4 is 0 Å². The summed E-state index contributed by atoms with van der Waals surface area (Å²) < 4.78 is 5.12. The highest BCUT2D eigenvalue weighted by Crippen LogP contribution is 2.11. The molecule has 0 fully saturated rings. The molecule has 2 nitrogen and oxygen atoms in total. The minimum absolute atomic E-state index is 0.864. The van der Waals surface area contributed by atoms with Crippen LogP contribution < -0.4 is 10.1 Å². The summed E-state index contributed by atoms with van der Waals surface area (Å²) in [6.07, 6.45) is 0. The van der Waals surface area contributed by atoms with E-state index in [0.717, 1.165) is 18.8 Å². The number of benzene rings is 2. The molecule has 0 aliphatic rings. The van der Waals surface area contributed by atoms with Crippen LogP contribution in [0.4, 0.5) is 0 Å². The molecular formula is C15H16NO. The maximum absolute atomic E-state index is 5.12. The van der Waals surface area contributed by atoms with Crippen molar-refractivity contribution in [3.8, 4) is 5.75 Å². The van der Waals surface area contributed by atoms with Gasteiger partial charge in [-0.25, -0.2) is 0 Å². The molecule has 87 valence electrons. The van der Waals surface area contributed by atoms with Crippen LogP contribution in [0.5, 0.6) is 5.75 Å². The van der Waals surface area contributed by atoms with Crippen LogP contribution in [-0.4, -0.2) is 7.11 Å². The van der Waals surface area contributed by atoms with E-state index in [9.17, 15) is 0 Å². The van der Waals surface area contributed by atoms with Crippen molar-refractivity contribution in [1.29, 1.82) is 0 Å². The lowest BCUT2D eigenvalue weighted by atomic mass is 10.2. The van der Waals surface area contributed by atoms with Gasteiger partial charge in [-0.2, -0.15) is 0 Å². The van der Waals surface area contributed by atoms with Crippen molar-refractivity contribution in [2.45, 2.75) is 13.1 Å². The van der Waals surface area contributed by atoms with Gasteiger partial charge in [0.05, 0.1) is 7.11 Å². The maximum atomic E-state index is 5.12. The Labute approximate surface area is 102 Å². The van der Waals surface area contributed by atoms with E-state index < -0.39 is 0 Å². The first-order valence-electron chi connectivity index (χ1n) is 5.67. The summed E-state index contributed by atoms with van der Waals surface area (Å²) in [5.74, 6) is 0.896. The Morgan fingerprint density at radius 2 is 1.53 bits per heavy atom. The van der Waals surface area contributed by atoms with E-state index >= 15 is 0 Å². The van der Waals surface area contributed by atoms with Crippen molar-refractivity contribution < 1.29 is 4.74 Å². The Morgan fingerprint density at radius 3 is 2.12 bits per heavy atom.